The van der Waals surface area contributed by atoms with Crippen molar-refractivity contribution < 1.29 is 4.74 Å². The first-order chi connectivity index (χ1) is 9.78. The fourth-order valence-electron chi connectivity index (χ4n) is 2.47. The Labute approximate surface area is 128 Å². The average molecular weight is 306 g/mol. The normalized spacial score (nSPS) is 19.0. The number of hydrogen-bond donors (Lipinski definition) is 1. The minimum absolute atomic E-state index is 0.0957. The molecule has 0 radical (unpaired) electrons. The monoisotopic (exact) mass is 305 g/mol. The summed E-state index contributed by atoms with van der Waals surface area (Å²) in [7, 11) is 1.96. The van der Waals surface area contributed by atoms with Gasteiger partial charge in [0.2, 0.25) is 0 Å². The number of thioether (sulfide) groups is 1. The topological polar surface area (TPSA) is 21.3 Å². The number of benzene rings is 2. The number of fused-ring (bicyclic) bond motifs is 1. The SMILES string of the molecule is CNC(c1cccc(Cl)c1)C1CSc2ccccc2O1. The van der Waals surface area contributed by atoms with Crippen LogP contribution >= 0.6 is 23.4 Å². The predicted molar refractivity (Wildman–Crippen MR) is 84.8 cm³/mol. The third kappa shape index (κ3) is 2.80. The van der Waals surface area contributed by atoms with E-state index in [2.05, 4.69) is 17.4 Å². The molecule has 2 aromatic carbocycles. The fraction of sp³-hybridized carbons (Fsp3) is 0.250. The van der Waals surface area contributed by atoms with Gasteiger partial charge in [0.1, 0.15) is 11.9 Å². The molecule has 0 aliphatic carbocycles. The lowest BCUT2D eigenvalue weighted by Gasteiger charge is -2.32. The van der Waals surface area contributed by atoms with Crippen molar-refractivity contribution in [3.05, 3.63) is 59.1 Å². The third-order valence-corrected chi connectivity index (χ3v) is 4.80. The van der Waals surface area contributed by atoms with Gasteiger partial charge in [-0.3, -0.25) is 0 Å². The van der Waals surface area contributed by atoms with Gasteiger partial charge >= 0.3 is 0 Å². The zero-order chi connectivity index (χ0) is 13.9. The van der Waals surface area contributed by atoms with Gasteiger partial charge < -0.3 is 10.1 Å². The molecule has 2 aromatic rings. The Kier molecular flexibility index (Phi) is 4.20. The Morgan fingerprint density at radius 1 is 1.25 bits per heavy atom. The van der Waals surface area contributed by atoms with E-state index in [9.17, 15) is 0 Å². The van der Waals surface area contributed by atoms with E-state index in [1.165, 1.54) is 4.90 Å². The van der Waals surface area contributed by atoms with E-state index in [4.69, 9.17) is 16.3 Å². The van der Waals surface area contributed by atoms with Gasteiger partial charge in [-0.05, 0) is 36.9 Å². The summed E-state index contributed by atoms with van der Waals surface area (Å²) in [5, 5.41) is 4.11. The minimum atomic E-state index is 0.0957. The summed E-state index contributed by atoms with van der Waals surface area (Å²) in [6, 6.07) is 16.3. The summed E-state index contributed by atoms with van der Waals surface area (Å²) in [5.74, 6) is 1.89. The van der Waals surface area contributed by atoms with E-state index < -0.39 is 0 Å². The lowest BCUT2D eigenvalue weighted by molar-refractivity contribution is 0.171. The highest BCUT2D eigenvalue weighted by molar-refractivity contribution is 7.99. The summed E-state index contributed by atoms with van der Waals surface area (Å²) in [6.07, 6.45) is 0.0957. The first-order valence-electron chi connectivity index (χ1n) is 6.59. The lowest BCUT2D eigenvalue weighted by atomic mass is 10.0. The van der Waals surface area contributed by atoms with Crippen LogP contribution in [0, 0.1) is 0 Å². The van der Waals surface area contributed by atoms with Crippen molar-refractivity contribution in [2.24, 2.45) is 0 Å². The zero-order valence-corrected chi connectivity index (χ0v) is 12.7. The van der Waals surface area contributed by atoms with Gasteiger partial charge in [-0.1, -0.05) is 35.9 Å². The van der Waals surface area contributed by atoms with Gasteiger partial charge in [-0.25, -0.2) is 0 Å². The molecule has 3 rings (SSSR count). The van der Waals surface area contributed by atoms with Crippen LogP contribution in [0.25, 0.3) is 0 Å². The first-order valence-corrected chi connectivity index (χ1v) is 7.95. The van der Waals surface area contributed by atoms with Crippen molar-refractivity contribution in [2.45, 2.75) is 17.0 Å². The standard InChI is InChI=1S/C16H16ClNOS/c1-18-16(11-5-4-6-12(17)9-11)14-10-20-15-8-3-2-7-13(15)19-14/h2-9,14,16,18H,10H2,1H3. The van der Waals surface area contributed by atoms with Crippen molar-refractivity contribution >= 4 is 23.4 Å². The quantitative estimate of drug-likeness (QED) is 0.920. The molecular weight excluding hydrogens is 290 g/mol. The molecule has 20 heavy (non-hydrogen) atoms. The summed E-state index contributed by atoms with van der Waals surface area (Å²) in [5.41, 5.74) is 1.16. The molecule has 0 saturated heterocycles. The molecule has 1 aliphatic heterocycles. The summed E-state index contributed by atoms with van der Waals surface area (Å²) in [4.78, 5) is 1.21. The first kappa shape index (κ1) is 13.8. The molecule has 2 atom stereocenters. The third-order valence-electron chi connectivity index (χ3n) is 3.42. The molecule has 0 fully saturated rings. The highest BCUT2D eigenvalue weighted by Gasteiger charge is 2.28. The van der Waals surface area contributed by atoms with E-state index in [1.807, 2.05) is 55.2 Å². The van der Waals surface area contributed by atoms with Crippen molar-refractivity contribution in [3.8, 4) is 5.75 Å². The summed E-state index contributed by atoms with van der Waals surface area (Å²) < 4.78 is 6.15. The predicted octanol–water partition coefficient (Wildman–Crippen LogP) is 4.15. The number of rotatable bonds is 3. The molecule has 1 aliphatic rings. The molecule has 0 amide bonds. The van der Waals surface area contributed by atoms with Crippen LogP contribution in [0.4, 0.5) is 0 Å². The molecule has 0 saturated carbocycles. The van der Waals surface area contributed by atoms with Crippen LogP contribution < -0.4 is 10.1 Å². The smallest absolute Gasteiger partial charge is 0.133 e. The number of para-hydroxylation sites is 1. The second-order valence-corrected chi connectivity index (χ2v) is 6.23. The van der Waals surface area contributed by atoms with Crippen LogP contribution in [0.15, 0.2) is 53.4 Å². The molecule has 104 valence electrons. The van der Waals surface area contributed by atoms with Crippen molar-refractivity contribution in [2.75, 3.05) is 12.8 Å². The fourth-order valence-corrected chi connectivity index (χ4v) is 3.70. The second-order valence-electron chi connectivity index (χ2n) is 4.74. The van der Waals surface area contributed by atoms with Gasteiger partial charge in [-0.2, -0.15) is 0 Å². The maximum Gasteiger partial charge on any atom is 0.133 e. The number of halogens is 1. The van der Waals surface area contributed by atoms with Crippen LogP contribution in [0.5, 0.6) is 5.75 Å². The molecule has 2 unspecified atom stereocenters. The number of hydrogen-bond acceptors (Lipinski definition) is 3. The minimum Gasteiger partial charge on any atom is -0.486 e. The highest BCUT2D eigenvalue weighted by atomic mass is 35.5. The van der Waals surface area contributed by atoms with Crippen molar-refractivity contribution in [1.29, 1.82) is 0 Å². The number of nitrogens with one attached hydrogen (secondary N) is 1. The largest absolute Gasteiger partial charge is 0.486 e. The zero-order valence-electron chi connectivity index (χ0n) is 11.2. The summed E-state index contributed by atoms with van der Waals surface area (Å²) >= 11 is 7.93. The van der Waals surface area contributed by atoms with Gasteiger partial charge in [0.15, 0.2) is 0 Å². The average Bonchev–Trinajstić information content (AvgIpc) is 2.48. The van der Waals surface area contributed by atoms with Crippen LogP contribution in [0.2, 0.25) is 5.02 Å². The van der Waals surface area contributed by atoms with Gasteiger partial charge in [-0.15, -0.1) is 11.8 Å². The molecule has 0 bridgehead atoms. The maximum atomic E-state index is 6.15. The molecule has 1 heterocycles. The molecular formula is C16H16ClNOS. The van der Waals surface area contributed by atoms with E-state index in [0.29, 0.717) is 0 Å². The molecule has 4 heteroatoms. The van der Waals surface area contributed by atoms with Crippen molar-refractivity contribution in [3.63, 3.8) is 0 Å². The van der Waals surface area contributed by atoms with E-state index in [1.54, 1.807) is 0 Å². The van der Waals surface area contributed by atoms with Gasteiger partial charge in [0.05, 0.1) is 6.04 Å². The Hall–Kier alpha value is -1.16. The summed E-state index contributed by atoms with van der Waals surface area (Å²) in [6.45, 7) is 0. The second kappa shape index (κ2) is 6.08. The lowest BCUT2D eigenvalue weighted by Crippen LogP contribution is -2.37. The van der Waals surface area contributed by atoms with E-state index in [0.717, 1.165) is 22.1 Å². The Morgan fingerprint density at radius 3 is 2.90 bits per heavy atom. The molecule has 2 nitrogen and oxygen atoms in total. The Bertz CT molecular complexity index is 605. The van der Waals surface area contributed by atoms with Crippen LogP contribution in [0.1, 0.15) is 11.6 Å². The van der Waals surface area contributed by atoms with E-state index >= 15 is 0 Å². The Morgan fingerprint density at radius 2 is 2.10 bits per heavy atom. The van der Waals surface area contributed by atoms with Crippen molar-refractivity contribution in [1.82, 2.24) is 5.32 Å². The Balaban J connectivity index is 1.85. The number of likely N-dealkylation sites (N-methyl/N-ethyl adjacent to an activating group) is 1. The van der Waals surface area contributed by atoms with Gasteiger partial charge in [0, 0.05) is 15.7 Å². The van der Waals surface area contributed by atoms with Crippen LogP contribution in [-0.4, -0.2) is 18.9 Å². The number of ether oxygens (including phenoxy) is 1. The highest BCUT2D eigenvalue weighted by Crippen LogP contribution is 2.38. The van der Waals surface area contributed by atoms with Crippen LogP contribution in [-0.2, 0) is 0 Å². The van der Waals surface area contributed by atoms with Gasteiger partial charge in [0.25, 0.3) is 0 Å². The van der Waals surface area contributed by atoms with E-state index in [-0.39, 0.29) is 12.1 Å². The maximum absolute atomic E-state index is 6.15. The molecule has 0 spiro atoms. The van der Waals surface area contributed by atoms with Crippen LogP contribution in [0.3, 0.4) is 0 Å². The molecule has 0 aromatic heterocycles. The molecule has 1 N–H and O–H groups in total.